The summed E-state index contributed by atoms with van der Waals surface area (Å²) < 4.78 is 0. The standard InChI is InChI=1S/C10H21N3O/c1-8(2)10(14)13-6-3-9(7-13)12-5-4-11/h8-9,12H,3-7,11H2,1-2H3. The van der Waals surface area contributed by atoms with Crippen LogP contribution in [0.25, 0.3) is 0 Å². The van der Waals surface area contributed by atoms with Crippen LogP contribution in [0.5, 0.6) is 0 Å². The van der Waals surface area contributed by atoms with Gasteiger partial charge in [-0.25, -0.2) is 0 Å². The molecule has 0 aromatic carbocycles. The van der Waals surface area contributed by atoms with E-state index in [0.717, 1.165) is 26.1 Å². The van der Waals surface area contributed by atoms with Crippen molar-refractivity contribution >= 4 is 5.91 Å². The summed E-state index contributed by atoms with van der Waals surface area (Å²) in [6.45, 7) is 7.13. The van der Waals surface area contributed by atoms with Crippen molar-refractivity contribution in [1.29, 1.82) is 0 Å². The van der Waals surface area contributed by atoms with Gasteiger partial charge in [-0.15, -0.1) is 0 Å². The molecular weight excluding hydrogens is 178 g/mol. The van der Waals surface area contributed by atoms with Crippen LogP contribution >= 0.6 is 0 Å². The van der Waals surface area contributed by atoms with E-state index in [-0.39, 0.29) is 11.8 Å². The van der Waals surface area contributed by atoms with Crippen molar-refractivity contribution in [1.82, 2.24) is 10.2 Å². The number of carbonyl (C=O) groups excluding carboxylic acids is 1. The van der Waals surface area contributed by atoms with Gasteiger partial charge in [0, 0.05) is 38.1 Å². The number of nitrogens with two attached hydrogens (primary N) is 1. The van der Waals surface area contributed by atoms with Crippen LogP contribution < -0.4 is 11.1 Å². The molecule has 4 nitrogen and oxygen atoms in total. The van der Waals surface area contributed by atoms with Crippen LogP contribution in [0.1, 0.15) is 20.3 Å². The summed E-state index contributed by atoms with van der Waals surface area (Å²) in [7, 11) is 0. The van der Waals surface area contributed by atoms with Crippen molar-refractivity contribution in [2.24, 2.45) is 11.7 Å². The second kappa shape index (κ2) is 5.32. The summed E-state index contributed by atoms with van der Waals surface area (Å²) in [6, 6.07) is 0.446. The predicted octanol–water partition coefficient (Wildman–Crippen LogP) is -0.208. The zero-order chi connectivity index (χ0) is 10.6. The van der Waals surface area contributed by atoms with Crippen molar-refractivity contribution < 1.29 is 4.79 Å². The van der Waals surface area contributed by atoms with E-state index in [1.165, 1.54) is 0 Å². The van der Waals surface area contributed by atoms with Crippen LogP contribution in [0, 0.1) is 5.92 Å². The van der Waals surface area contributed by atoms with E-state index in [0.29, 0.717) is 12.6 Å². The molecule has 0 aromatic rings. The molecule has 0 aliphatic carbocycles. The van der Waals surface area contributed by atoms with Crippen molar-refractivity contribution in [2.75, 3.05) is 26.2 Å². The van der Waals surface area contributed by atoms with E-state index >= 15 is 0 Å². The Morgan fingerprint density at radius 1 is 1.64 bits per heavy atom. The Labute approximate surface area is 85.8 Å². The quantitative estimate of drug-likeness (QED) is 0.659. The van der Waals surface area contributed by atoms with Gasteiger partial charge in [-0.3, -0.25) is 4.79 Å². The number of hydrogen-bond donors (Lipinski definition) is 2. The molecule has 0 aromatic heterocycles. The molecule has 1 fully saturated rings. The molecule has 0 radical (unpaired) electrons. The van der Waals surface area contributed by atoms with E-state index in [1.807, 2.05) is 18.7 Å². The highest BCUT2D eigenvalue weighted by Crippen LogP contribution is 2.12. The molecule has 0 spiro atoms. The molecule has 4 heteroatoms. The number of amides is 1. The molecule has 0 bridgehead atoms. The summed E-state index contributed by atoms with van der Waals surface area (Å²) in [5.74, 6) is 0.380. The number of hydrogen-bond acceptors (Lipinski definition) is 3. The first-order valence-electron chi connectivity index (χ1n) is 5.37. The molecule has 1 aliphatic heterocycles. The van der Waals surface area contributed by atoms with Crippen molar-refractivity contribution in [2.45, 2.75) is 26.3 Å². The largest absolute Gasteiger partial charge is 0.341 e. The maximum Gasteiger partial charge on any atom is 0.225 e. The van der Waals surface area contributed by atoms with E-state index in [1.54, 1.807) is 0 Å². The van der Waals surface area contributed by atoms with E-state index in [2.05, 4.69) is 5.32 Å². The fraction of sp³-hybridized carbons (Fsp3) is 0.900. The first kappa shape index (κ1) is 11.5. The summed E-state index contributed by atoms with van der Waals surface area (Å²) >= 11 is 0. The molecular formula is C10H21N3O. The second-order valence-corrected chi connectivity index (χ2v) is 4.17. The number of likely N-dealkylation sites (tertiary alicyclic amines) is 1. The third-order valence-corrected chi connectivity index (χ3v) is 2.57. The van der Waals surface area contributed by atoms with Gasteiger partial charge in [-0.1, -0.05) is 13.8 Å². The Bertz CT molecular complexity index is 194. The summed E-state index contributed by atoms with van der Waals surface area (Å²) in [5, 5.41) is 3.34. The molecule has 1 saturated heterocycles. The highest BCUT2D eigenvalue weighted by Gasteiger charge is 2.26. The molecule has 82 valence electrons. The Morgan fingerprint density at radius 3 is 2.93 bits per heavy atom. The molecule has 1 rings (SSSR count). The number of nitrogens with one attached hydrogen (secondary N) is 1. The zero-order valence-corrected chi connectivity index (χ0v) is 9.12. The Kier molecular flexibility index (Phi) is 4.35. The van der Waals surface area contributed by atoms with Gasteiger partial charge < -0.3 is 16.0 Å². The smallest absolute Gasteiger partial charge is 0.225 e. The van der Waals surface area contributed by atoms with Gasteiger partial charge in [0.15, 0.2) is 0 Å². The van der Waals surface area contributed by atoms with Gasteiger partial charge in [-0.2, -0.15) is 0 Å². The molecule has 1 amide bonds. The monoisotopic (exact) mass is 199 g/mol. The topological polar surface area (TPSA) is 58.4 Å². The highest BCUT2D eigenvalue weighted by molar-refractivity contribution is 5.78. The lowest BCUT2D eigenvalue weighted by Gasteiger charge is -2.18. The number of carbonyl (C=O) groups is 1. The van der Waals surface area contributed by atoms with Gasteiger partial charge >= 0.3 is 0 Å². The second-order valence-electron chi connectivity index (χ2n) is 4.17. The van der Waals surface area contributed by atoms with Gasteiger partial charge in [0.1, 0.15) is 0 Å². The van der Waals surface area contributed by atoms with Crippen LogP contribution in [0.2, 0.25) is 0 Å². The average molecular weight is 199 g/mol. The number of rotatable bonds is 4. The molecule has 1 heterocycles. The molecule has 1 atom stereocenters. The maximum absolute atomic E-state index is 11.6. The normalized spacial score (nSPS) is 22.0. The van der Waals surface area contributed by atoms with Crippen LogP contribution in [-0.4, -0.2) is 43.0 Å². The van der Waals surface area contributed by atoms with Crippen molar-refractivity contribution in [3.63, 3.8) is 0 Å². The number of nitrogens with zero attached hydrogens (tertiary/aromatic N) is 1. The zero-order valence-electron chi connectivity index (χ0n) is 9.12. The van der Waals surface area contributed by atoms with Crippen molar-refractivity contribution in [3.8, 4) is 0 Å². The lowest BCUT2D eigenvalue weighted by Crippen LogP contribution is -2.38. The third-order valence-electron chi connectivity index (χ3n) is 2.57. The Balaban J connectivity index is 2.30. The van der Waals surface area contributed by atoms with E-state index in [4.69, 9.17) is 5.73 Å². The summed E-state index contributed by atoms with van der Waals surface area (Å²) in [6.07, 6.45) is 1.05. The molecule has 3 N–H and O–H groups in total. The highest BCUT2D eigenvalue weighted by atomic mass is 16.2. The minimum Gasteiger partial charge on any atom is -0.341 e. The third kappa shape index (κ3) is 2.96. The van der Waals surface area contributed by atoms with E-state index in [9.17, 15) is 4.79 Å². The first-order chi connectivity index (χ1) is 6.65. The van der Waals surface area contributed by atoms with E-state index < -0.39 is 0 Å². The van der Waals surface area contributed by atoms with Crippen LogP contribution in [0.4, 0.5) is 0 Å². The molecule has 1 aliphatic rings. The van der Waals surface area contributed by atoms with Gasteiger partial charge in [0.25, 0.3) is 0 Å². The molecule has 1 unspecified atom stereocenters. The molecule has 0 saturated carbocycles. The maximum atomic E-state index is 11.6. The van der Waals surface area contributed by atoms with Crippen LogP contribution in [0.15, 0.2) is 0 Å². The van der Waals surface area contributed by atoms with Crippen molar-refractivity contribution in [3.05, 3.63) is 0 Å². The summed E-state index contributed by atoms with van der Waals surface area (Å²) in [4.78, 5) is 13.6. The fourth-order valence-corrected chi connectivity index (χ4v) is 1.78. The molecule has 14 heavy (non-hydrogen) atoms. The minimum atomic E-state index is 0.114. The minimum absolute atomic E-state index is 0.114. The SMILES string of the molecule is CC(C)C(=O)N1CCC(NCCN)C1. The van der Waals surface area contributed by atoms with Crippen LogP contribution in [-0.2, 0) is 4.79 Å². The van der Waals surface area contributed by atoms with Gasteiger partial charge in [0.2, 0.25) is 5.91 Å². The predicted molar refractivity (Wildman–Crippen MR) is 56.9 cm³/mol. The fourth-order valence-electron chi connectivity index (χ4n) is 1.78. The lowest BCUT2D eigenvalue weighted by atomic mass is 10.2. The average Bonchev–Trinajstić information content (AvgIpc) is 2.61. The van der Waals surface area contributed by atoms with Gasteiger partial charge in [0.05, 0.1) is 0 Å². The lowest BCUT2D eigenvalue weighted by molar-refractivity contribution is -0.133. The Hall–Kier alpha value is -0.610. The summed E-state index contributed by atoms with van der Waals surface area (Å²) in [5.41, 5.74) is 5.41. The first-order valence-corrected chi connectivity index (χ1v) is 5.37. The van der Waals surface area contributed by atoms with Crippen LogP contribution in [0.3, 0.4) is 0 Å². The van der Waals surface area contributed by atoms with Gasteiger partial charge in [-0.05, 0) is 6.42 Å². The Morgan fingerprint density at radius 2 is 2.36 bits per heavy atom.